The molecule has 3 heterocycles. The van der Waals surface area contributed by atoms with Crippen LogP contribution in [0.4, 0.5) is 4.79 Å². The number of piperidine rings is 1. The van der Waals surface area contributed by atoms with Gasteiger partial charge in [-0.15, -0.1) is 0 Å². The lowest BCUT2D eigenvalue weighted by Gasteiger charge is -2.35. The molecule has 0 radical (unpaired) electrons. The second-order valence-electron chi connectivity index (χ2n) is 5.99. The van der Waals surface area contributed by atoms with Crippen molar-refractivity contribution in [1.82, 2.24) is 29.7 Å². The van der Waals surface area contributed by atoms with Crippen LogP contribution in [0.5, 0.6) is 0 Å². The maximum atomic E-state index is 12.5. The first-order chi connectivity index (χ1) is 11.7. The summed E-state index contributed by atoms with van der Waals surface area (Å²) in [5.74, 6) is 0. The minimum atomic E-state index is -0.217. The van der Waals surface area contributed by atoms with Crippen molar-refractivity contribution in [2.24, 2.45) is 0 Å². The number of aromatic nitrogens is 4. The van der Waals surface area contributed by atoms with E-state index in [0.29, 0.717) is 5.69 Å². The maximum Gasteiger partial charge on any atom is 0.317 e. The van der Waals surface area contributed by atoms with Gasteiger partial charge in [-0.2, -0.15) is 0 Å². The van der Waals surface area contributed by atoms with Crippen LogP contribution in [0.15, 0.2) is 35.9 Å². The van der Waals surface area contributed by atoms with E-state index < -0.39 is 0 Å². The summed E-state index contributed by atoms with van der Waals surface area (Å²) in [5.41, 5.74) is 0.338. The van der Waals surface area contributed by atoms with Gasteiger partial charge in [0, 0.05) is 37.6 Å². The monoisotopic (exact) mass is 330 g/mol. The van der Waals surface area contributed by atoms with E-state index in [4.69, 9.17) is 0 Å². The summed E-state index contributed by atoms with van der Waals surface area (Å²) in [6.07, 6.45) is 10.9. The van der Waals surface area contributed by atoms with Crippen LogP contribution in [0.25, 0.3) is 0 Å². The molecule has 1 aliphatic heterocycles. The molecule has 1 saturated heterocycles. The Morgan fingerprint density at radius 1 is 1.42 bits per heavy atom. The number of carbonyl (C=O) groups is 1. The first kappa shape index (κ1) is 16.2. The van der Waals surface area contributed by atoms with E-state index >= 15 is 0 Å². The molecule has 0 spiro atoms. The standard InChI is InChI=1S/C16H22N6O2/c23-15-9-13(19-11-20-15)10-18-16(24)22-6-2-1-3-14(22)4-7-21-8-5-17-12-21/h5,8-9,11-12,14H,1-4,6-7,10H2,(H,18,24)(H,19,20,23). The van der Waals surface area contributed by atoms with Gasteiger partial charge >= 0.3 is 6.03 Å². The quantitative estimate of drug-likeness (QED) is 0.859. The largest absolute Gasteiger partial charge is 0.337 e. The number of aromatic amines is 1. The first-order valence-electron chi connectivity index (χ1n) is 8.26. The lowest BCUT2D eigenvalue weighted by Crippen LogP contribution is -2.48. The molecule has 2 amide bonds. The highest BCUT2D eigenvalue weighted by Gasteiger charge is 2.26. The molecule has 24 heavy (non-hydrogen) atoms. The SMILES string of the molecule is O=C(NCc1cc(=O)[nH]cn1)N1CCCCC1CCn1ccnc1. The number of hydrogen-bond acceptors (Lipinski definition) is 4. The van der Waals surface area contributed by atoms with Crippen LogP contribution in [-0.2, 0) is 13.1 Å². The zero-order valence-corrected chi connectivity index (χ0v) is 13.5. The van der Waals surface area contributed by atoms with Gasteiger partial charge in [0.15, 0.2) is 0 Å². The minimum absolute atomic E-state index is 0.0904. The molecule has 3 rings (SSSR count). The second kappa shape index (κ2) is 7.76. The van der Waals surface area contributed by atoms with Gasteiger partial charge in [-0.3, -0.25) is 4.79 Å². The molecule has 2 N–H and O–H groups in total. The summed E-state index contributed by atoms with van der Waals surface area (Å²) in [5, 5.41) is 2.87. The molecule has 8 heteroatoms. The molecule has 1 unspecified atom stereocenters. The summed E-state index contributed by atoms with van der Waals surface area (Å²) in [6, 6.07) is 1.54. The van der Waals surface area contributed by atoms with E-state index in [1.165, 1.54) is 12.4 Å². The predicted octanol–water partition coefficient (Wildman–Crippen LogP) is 1.12. The predicted molar refractivity (Wildman–Crippen MR) is 88.3 cm³/mol. The third kappa shape index (κ3) is 4.21. The highest BCUT2D eigenvalue weighted by atomic mass is 16.2. The Balaban J connectivity index is 1.55. The third-order valence-corrected chi connectivity index (χ3v) is 4.32. The second-order valence-corrected chi connectivity index (χ2v) is 5.99. The molecule has 1 fully saturated rings. The van der Waals surface area contributed by atoms with Crippen molar-refractivity contribution >= 4 is 6.03 Å². The van der Waals surface area contributed by atoms with Crippen LogP contribution in [-0.4, -0.2) is 43.0 Å². The Morgan fingerprint density at radius 3 is 3.12 bits per heavy atom. The van der Waals surface area contributed by atoms with E-state index in [1.54, 1.807) is 12.5 Å². The summed E-state index contributed by atoms with van der Waals surface area (Å²) in [7, 11) is 0. The van der Waals surface area contributed by atoms with Crippen LogP contribution < -0.4 is 10.9 Å². The number of nitrogens with one attached hydrogen (secondary N) is 2. The van der Waals surface area contributed by atoms with Crippen LogP contribution in [0.1, 0.15) is 31.4 Å². The Bertz CT molecular complexity index is 711. The molecule has 1 aliphatic rings. The Hall–Kier alpha value is -2.64. The average molecular weight is 330 g/mol. The van der Waals surface area contributed by atoms with E-state index in [2.05, 4.69) is 20.3 Å². The highest BCUT2D eigenvalue weighted by molar-refractivity contribution is 5.74. The van der Waals surface area contributed by atoms with Crippen molar-refractivity contribution in [3.8, 4) is 0 Å². The average Bonchev–Trinajstić information content (AvgIpc) is 3.12. The third-order valence-electron chi connectivity index (χ3n) is 4.32. The molecule has 0 bridgehead atoms. The molecule has 2 aromatic rings. The number of imidazole rings is 1. The van der Waals surface area contributed by atoms with E-state index in [-0.39, 0.29) is 24.2 Å². The van der Waals surface area contributed by atoms with Crippen molar-refractivity contribution in [3.63, 3.8) is 0 Å². The molecule has 128 valence electrons. The van der Waals surface area contributed by atoms with Crippen LogP contribution >= 0.6 is 0 Å². The van der Waals surface area contributed by atoms with Gasteiger partial charge in [0.1, 0.15) is 0 Å². The van der Waals surface area contributed by atoms with Crippen molar-refractivity contribution in [3.05, 3.63) is 47.2 Å². The fourth-order valence-corrected chi connectivity index (χ4v) is 3.06. The molecule has 1 atom stereocenters. The van der Waals surface area contributed by atoms with Crippen molar-refractivity contribution < 1.29 is 4.79 Å². The number of nitrogens with zero attached hydrogens (tertiary/aromatic N) is 4. The number of urea groups is 1. The van der Waals surface area contributed by atoms with Gasteiger partial charge in [0.2, 0.25) is 0 Å². The van der Waals surface area contributed by atoms with Crippen molar-refractivity contribution in [2.45, 2.75) is 44.8 Å². The molecule has 0 aliphatic carbocycles. The Kier molecular flexibility index (Phi) is 5.25. The molecule has 8 nitrogen and oxygen atoms in total. The molecule has 0 saturated carbocycles. The maximum absolute atomic E-state index is 12.5. The lowest BCUT2D eigenvalue weighted by atomic mass is 10.00. The molecular formula is C16H22N6O2. The summed E-state index contributed by atoms with van der Waals surface area (Å²) < 4.78 is 2.03. The molecule has 2 aromatic heterocycles. The number of H-pyrrole nitrogens is 1. The van der Waals surface area contributed by atoms with Gasteiger partial charge in [0.05, 0.1) is 24.9 Å². The van der Waals surface area contributed by atoms with E-state index in [9.17, 15) is 9.59 Å². The Labute approximate surface area is 139 Å². The van der Waals surface area contributed by atoms with Crippen LogP contribution in [0.2, 0.25) is 0 Å². The topological polar surface area (TPSA) is 95.9 Å². The smallest absolute Gasteiger partial charge is 0.317 e. The summed E-state index contributed by atoms with van der Waals surface area (Å²) >= 11 is 0. The van der Waals surface area contributed by atoms with Crippen LogP contribution in [0, 0.1) is 0 Å². The van der Waals surface area contributed by atoms with E-state index in [0.717, 1.165) is 38.8 Å². The van der Waals surface area contributed by atoms with Crippen LogP contribution in [0.3, 0.4) is 0 Å². The summed E-state index contributed by atoms with van der Waals surface area (Å²) in [6.45, 7) is 1.88. The number of rotatable bonds is 5. The fourth-order valence-electron chi connectivity index (χ4n) is 3.06. The number of aryl methyl sites for hydroxylation is 1. The van der Waals surface area contributed by atoms with Gasteiger partial charge in [-0.1, -0.05) is 0 Å². The number of amides is 2. The fraction of sp³-hybridized carbons (Fsp3) is 0.500. The Morgan fingerprint density at radius 2 is 2.33 bits per heavy atom. The van der Waals surface area contributed by atoms with Gasteiger partial charge in [-0.25, -0.2) is 14.8 Å². The van der Waals surface area contributed by atoms with Gasteiger partial charge in [0.25, 0.3) is 5.56 Å². The number of hydrogen-bond donors (Lipinski definition) is 2. The first-order valence-corrected chi connectivity index (χ1v) is 8.26. The lowest BCUT2D eigenvalue weighted by molar-refractivity contribution is 0.143. The molecule has 0 aromatic carbocycles. The summed E-state index contributed by atoms with van der Waals surface area (Å²) in [4.78, 5) is 36.2. The van der Waals surface area contributed by atoms with Crippen molar-refractivity contribution in [2.75, 3.05) is 6.54 Å². The zero-order valence-electron chi connectivity index (χ0n) is 13.5. The van der Waals surface area contributed by atoms with Crippen molar-refractivity contribution in [1.29, 1.82) is 0 Å². The van der Waals surface area contributed by atoms with Gasteiger partial charge < -0.3 is 19.8 Å². The van der Waals surface area contributed by atoms with Gasteiger partial charge in [-0.05, 0) is 25.7 Å². The highest BCUT2D eigenvalue weighted by Crippen LogP contribution is 2.20. The number of likely N-dealkylation sites (tertiary alicyclic amines) is 1. The normalized spacial score (nSPS) is 17.7. The minimum Gasteiger partial charge on any atom is -0.337 e. The number of carbonyl (C=O) groups excluding carboxylic acids is 1. The molecular weight excluding hydrogens is 308 g/mol. The van der Waals surface area contributed by atoms with E-state index in [1.807, 2.05) is 15.7 Å². The zero-order chi connectivity index (χ0) is 16.8.